The molecule has 68 valence electrons. The van der Waals surface area contributed by atoms with Gasteiger partial charge in [-0.3, -0.25) is 4.98 Å². The lowest BCUT2D eigenvalue weighted by molar-refractivity contribution is 0.102. The third-order valence-electron chi connectivity index (χ3n) is 1.92. The Kier molecular flexibility index (Phi) is 2.45. The largest absolute Gasteiger partial charge is 0.391 e. The van der Waals surface area contributed by atoms with Gasteiger partial charge in [-0.15, -0.1) is 11.6 Å². The van der Waals surface area contributed by atoms with E-state index in [0.717, 1.165) is 17.7 Å². The predicted octanol–water partition coefficient (Wildman–Crippen LogP) is 1.81. The van der Waals surface area contributed by atoms with Crippen molar-refractivity contribution in [1.82, 2.24) is 4.98 Å². The third kappa shape index (κ3) is 1.80. The van der Waals surface area contributed by atoms with Crippen LogP contribution in [0, 0.1) is 0 Å². The topological polar surface area (TPSA) is 34.5 Å². The summed E-state index contributed by atoms with van der Waals surface area (Å²) in [5, 5.41) is 3.96. The number of rotatable bonds is 2. The van der Waals surface area contributed by atoms with Crippen LogP contribution in [0.3, 0.4) is 0 Å². The van der Waals surface area contributed by atoms with Gasteiger partial charge in [0.15, 0.2) is 0 Å². The van der Waals surface area contributed by atoms with Gasteiger partial charge in [0.25, 0.3) is 0 Å². The smallest absolute Gasteiger partial charge is 0.146 e. The molecule has 0 saturated heterocycles. The van der Waals surface area contributed by atoms with E-state index >= 15 is 0 Å². The Bertz CT molecular complexity index is 313. The highest BCUT2D eigenvalue weighted by atomic mass is 35.5. The molecule has 1 atom stereocenters. The molecule has 1 aliphatic rings. The van der Waals surface area contributed by atoms with Crippen LogP contribution in [0.2, 0.25) is 0 Å². The van der Waals surface area contributed by atoms with E-state index in [-0.39, 0.29) is 6.10 Å². The summed E-state index contributed by atoms with van der Waals surface area (Å²) in [6, 6.07) is 3.83. The quantitative estimate of drug-likeness (QED) is 0.677. The van der Waals surface area contributed by atoms with Gasteiger partial charge in [0.05, 0.1) is 11.6 Å². The number of oxime groups is 1. The first-order valence-corrected chi connectivity index (χ1v) is 4.62. The molecule has 0 radical (unpaired) electrons. The van der Waals surface area contributed by atoms with Crippen molar-refractivity contribution >= 4 is 17.3 Å². The van der Waals surface area contributed by atoms with Crippen LogP contribution in [-0.4, -0.2) is 22.7 Å². The van der Waals surface area contributed by atoms with Crippen LogP contribution in [-0.2, 0) is 4.84 Å². The highest BCUT2D eigenvalue weighted by Gasteiger charge is 2.20. The summed E-state index contributed by atoms with van der Waals surface area (Å²) in [4.78, 5) is 9.04. The molecule has 0 aliphatic carbocycles. The van der Waals surface area contributed by atoms with E-state index in [0.29, 0.717) is 5.88 Å². The standard InChI is InChI=1S/C9H9ClN2O/c10-6-8-5-9(12-13-8)7-1-3-11-4-2-7/h1-4,8H,5-6H2. The van der Waals surface area contributed by atoms with E-state index < -0.39 is 0 Å². The molecule has 0 amide bonds. The second-order valence-corrected chi connectivity index (χ2v) is 3.17. The van der Waals surface area contributed by atoms with Crippen molar-refractivity contribution in [2.75, 3.05) is 5.88 Å². The zero-order valence-electron chi connectivity index (χ0n) is 6.98. The molecule has 0 N–H and O–H groups in total. The van der Waals surface area contributed by atoms with Crippen LogP contribution in [0.25, 0.3) is 0 Å². The summed E-state index contributed by atoms with van der Waals surface area (Å²) < 4.78 is 0. The van der Waals surface area contributed by atoms with E-state index in [4.69, 9.17) is 16.4 Å². The lowest BCUT2D eigenvalue weighted by Gasteiger charge is -2.00. The van der Waals surface area contributed by atoms with Crippen LogP contribution in [0.4, 0.5) is 0 Å². The Labute approximate surface area is 81.4 Å². The molecule has 4 heteroatoms. The maximum Gasteiger partial charge on any atom is 0.146 e. The minimum atomic E-state index is 0.0323. The van der Waals surface area contributed by atoms with E-state index in [9.17, 15) is 0 Å². The summed E-state index contributed by atoms with van der Waals surface area (Å²) in [6.45, 7) is 0. The fourth-order valence-corrected chi connectivity index (χ4v) is 1.39. The van der Waals surface area contributed by atoms with Crippen LogP contribution < -0.4 is 0 Å². The highest BCUT2D eigenvalue weighted by molar-refractivity contribution is 6.18. The van der Waals surface area contributed by atoms with Gasteiger partial charge >= 0.3 is 0 Å². The fourth-order valence-electron chi connectivity index (χ4n) is 1.23. The summed E-state index contributed by atoms with van der Waals surface area (Å²) >= 11 is 5.65. The molecular formula is C9H9ClN2O. The van der Waals surface area contributed by atoms with Crippen LogP contribution in [0.15, 0.2) is 29.7 Å². The number of aromatic nitrogens is 1. The molecule has 3 nitrogen and oxygen atoms in total. The van der Waals surface area contributed by atoms with Crippen molar-refractivity contribution in [3.05, 3.63) is 30.1 Å². The summed E-state index contributed by atoms with van der Waals surface area (Å²) in [7, 11) is 0. The Morgan fingerprint density at radius 3 is 2.85 bits per heavy atom. The zero-order valence-corrected chi connectivity index (χ0v) is 7.74. The van der Waals surface area contributed by atoms with Crippen molar-refractivity contribution in [2.45, 2.75) is 12.5 Å². The molecule has 1 aromatic heterocycles. The number of hydrogen-bond donors (Lipinski definition) is 0. The first kappa shape index (κ1) is 8.51. The Morgan fingerprint density at radius 2 is 2.23 bits per heavy atom. The third-order valence-corrected chi connectivity index (χ3v) is 2.26. The van der Waals surface area contributed by atoms with Gasteiger partial charge in [0.2, 0.25) is 0 Å². The van der Waals surface area contributed by atoms with Crippen LogP contribution in [0.5, 0.6) is 0 Å². The van der Waals surface area contributed by atoms with Crippen molar-refractivity contribution in [1.29, 1.82) is 0 Å². The molecule has 0 spiro atoms. The SMILES string of the molecule is ClCC1CC(c2ccncc2)=NO1. The van der Waals surface area contributed by atoms with Gasteiger partial charge in [-0.05, 0) is 12.1 Å². The molecule has 0 bridgehead atoms. The monoisotopic (exact) mass is 196 g/mol. The zero-order chi connectivity index (χ0) is 9.10. The first-order valence-electron chi connectivity index (χ1n) is 4.09. The van der Waals surface area contributed by atoms with Crippen molar-refractivity contribution in [3.8, 4) is 0 Å². The Hall–Kier alpha value is -1.09. The van der Waals surface area contributed by atoms with Gasteiger partial charge in [-0.2, -0.15) is 0 Å². The van der Waals surface area contributed by atoms with Crippen LogP contribution >= 0.6 is 11.6 Å². The summed E-state index contributed by atoms with van der Waals surface area (Å²) in [5.41, 5.74) is 2.01. The molecule has 13 heavy (non-hydrogen) atoms. The average molecular weight is 197 g/mol. The van der Waals surface area contributed by atoms with Gasteiger partial charge < -0.3 is 4.84 Å². The molecule has 2 heterocycles. The minimum Gasteiger partial charge on any atom is -0.391 e. The normalized spacial score (nSPS) is 21.0. The maximum absolute atomic E-state index is 5.65. The average Bonchev–Trinajstić information content (AvgIpc) is 2.67. The Balaban J connectivity index is 2.12. The molecule has 0 aromatic carbocycles. The van der Waals surface area contributed by atoms with E-state index in [1.165, 1.54) is 0 Å². The number of halogens is 1. The number of nitrogens with zero attached hydrogens (tertiary/aromatic N) is 2. The van der Waals surface area contributed by atoms with Gasteiger partial charge in [0, 0.05) is 24.4 Å². The second kappa shape index (κ2) is 3.75. The molecular weight excluding hydrogens is 188 g/mol. The molecule has 1 unspecified atom stereocenters. The van der Waals surface area contributed by atoms with Crippen molar-refractivity contribution in [2.24, 2.45) is 5.16 Å². The van der Waals surface area contributed by atoms with Crippen molar-refractivity contribution in [3.63, 3.8) is 0 Å². The molecule has 0 saturated carbocycles. The molecule has 1 aliphatic heterocycles. The fraction of sp³-hybridized carbons (Fsp3) is 0.333. The number of hydrogen-bond acceptors (Lipinski definition) is 3. The first-order chi connectivity index (χ1) is 6.40. The van der Waals surface area contributed by atoms with E-state index in [1.54, 1.807) is 12.4 Å². The minimum absolute atomic E-state index is 0.0323. The number of alkyl halides is 1. The van der Waals surface area contributed by atoms with E-state index in [1.807, 2.05) is 12.1 Å². The number of pyridine rings is 1. The second-order valence-electron chi connectivity index (χ2n) is 2.86. The van der Waals surface area contributed by atoms with Gasteiger partial charge in [-0.1, -0.05) is 5.16 Å². The van der Waals surface area contributed by atoms with E-state index in [2.05, 4.69) is 10.1 Å². The predicted molar refractivity (Wildman–Crippen MR) is 51.0 cm³/mol. The molecule has 2 rings (SSSR count). The van der Waals surface area contributed by atoms with Crippen molar-refractivity contribution < 1.29 is 4.84 Å². The van der Waals surface area contributed by atoms with Gasteiger partial charge in [-0.25, -0.2) is 0 Å². The highest BCUT2D eigenvalue weighted by Crippen LogP contribution is 2.16. The molecule has 0 fully saturated rings. The molecule has 1 aromatic rings. The maximum atomic E-state index is 5.65. The summed E-state index contributed by atoms with van der Waals surface area (Å²) in [6.07, 6.45) is 4.30. The lowest BCUT2D eigenvalue weighted by atomic mass is 10.1. The van der Waals surface area contributed by atoms with Crippen LogP contribution in [0.1, 0.15) is 12.0 Å². The van der Waals surface area contributed by atoms with Gasteiger partial charge in [0.1, 0.15) is 6.10 Å². The lowest BCUT2D eigenvalue weighted by Crippen LogP contribution is -2.09. The Morgan fingerprint density at radius 1 is 1.46 bits per heavy atom. The summed E-state index contributed by atoms with van der Waals surface area (Å²) in [5.74, 6) is 0.484.